The number of aliphatic hydroxyl groups excluding tert-OH is 3. The highest BCUT2D eigenvalue weighted by molar-refractivity contribution is 5.38. The lowest BCUT2D eigenvalue weighted by atomic mass is 10.1. The maximum absolute atomic E-state index is 9.62. The van der Waals surface area contributed by atoms with E-state index in [1.807, 2.05) is 0 Å². The van der Waals surface area contributed by atoms with Crippen LogP contribution in [0.3, 0.4) is 0 Å². The topological polar surface area (TPSA) is 99.4 Å². The van der Waals surface area contributed by atoms with Gasteiger partial charge in [0.2, 0.25) is 6.29 Å². The maximum Gasteiger partial charge on any atom is 0.229 e. The van der Waals surface area contributed by atoms with Crippen molar-refractivity contribution in [2.24, 2.45) is 0 Å². The van der Waals surface area contributed by atoms with Gasteiger partial charge in [0.25, 0.3) is 0 Å². The summed E-state index contributed by atoms with van der Waals surface area (Å²) in [7, 11) is 0. The second-order valence-corrected chi connectivity index (χ2v) is 3.79. The van der Waals surface area contributed by atoms with Gasteiger partial charge in [0.15, 0.2) is 11.5 Å². The Morgan fingerprint density at radius 3 is 2.47 bits per heavy atom. The molecule has 1 aromatic rings. The second-order valence-electron chi connectivity index (χ2n) is 3.79. The van der Waals surface area contributed by atoms with Crippen molar-refractivity contribution in [2.75, 3.05) is 6.61 Å². The standard InChI is InChI=1S/C11H14O6/c12-5-8-9(14)10(15)11(17-8)16-7-4-2-1-3-6(7)13/h1-4,8-15H,5H2/t8-,9-,10-,11+/m1/s1. The molecule has 94 valence electrons. The molecule has 1 fully saturated rings. The zero-order valence-corrected chi connectivity index (χ0v) is 8.93. The molecule has 1 heterocycles. The number of para-hydroxylation sites is 2. The Hall–Kier alpha value is -1.34. The van der Waals surface area contributed by atoms with E-state index in [1.54, 1.807) is 12.1 Å². The summed E-state index contributed by atoms with van der Waals surface area (Å²) < 4.78 is 10.3. The van der Waals surface area contributed by atoms with Crippen LogP contribution in [0.2, 0.25) is 0 Å². The van der Waals surface area contributed by atoms with Crippen LogP contribution in [0.1, 0.15) is 0 Å². The number of aromatic hydroxyl groups is 1. The van der Waals surface area contributed by atoms with Crippen molar-refractivity contribution in [1.29, 1.82) is 0 Å². The summed E-state index contributed by atoms with van der Waals surface area (Å²) in [5, 5.41) is 37.5. The van der Waals surface area contributed by atoms with Crippen LogP contribution in [0.4, 0.5) is 0 Å². The second kappa shape index (κ2) is 4.89. The predicted molar refractivity (Wildman–Crippen MR) is 56.5 cm³/mol. The van der Waals surface area contributed by atoms with Gasteiger partial charge in [0, 0.05) is 0 Å². The lowest BCUT2D eigenvalue weighted by molar-refractivity contribution is -0.117. The van der Waals surface area contributed by atoms with Gasteiger partial charge in [-0.05, 0) is 12.1 Å². The molecule has 4 atom stereocenters. The molecule has 0 saturated carbocycles. The molecule has 1 saturated heterocycles. The summed E-state index contributed by atoms with van der Waals surface area (Å²) in [6.07, 6.45) is -4.49. The number of phenolic OH excluding ortho intramolecular Hbond substituents is 1. The van der Waals surface area contributed by atoms with E-state index in [0.29, 0.717) is 0 Å². The van der Waals surface area contributed by atoms with Crippen molar-refractivity contribution < 1.29 is 29.9 Å². The third-order valence-corrected chi connectivity index (χ3v) is 2.61. The Kier molecular flexibility index (Phi) is 3.49. The fourth-order valence-electron chi connectivity index (χ4n) is 1.64. The van der Waals surface area contributed by atoms with Gasteiger partial charge in [-0.2, -0.15) is 0 Å². The van der Waals surface area contributed by atoms with Crippen LogP contribution in [0.5, 0.6) is 11.5 Å². The van der Waals surface area contributed by atoms with E-state index >= 15 is 0 Å². The molecule has 0 spiro atoms. The summed E-state index contributed by atoms with van der Waals surface area (Å²) in [5.41, 5.74) is 0. The molecule has 6 heteroatoms. The number of aliphatic hydroxyl groups is 3. The number of rotatable bonds is 3. The van der Waals surface area contributed by atoms with Crippen molar-refractivity contribution in [1.82, 2.24) is 0 Å². The zero-order chi connectivity index (χ0) is 12.4. The Balaban J connectivity index is 2.08. The van der Waals surface area contributed by atoms with Crippen molar-refractivity contribution in [2.45, 2.75) is 24.6 Å². The molecule has 17 heavy (non-hydrogen) atoms. The number of hydrogen-bond acceptors (Lipinski definition) is 6. The van der Waals surface area contributed by atoms with Gasteiger partial charge in [0.1, 0.15) is 18.3 Å². The van der Waals surface area contributed by atoms with E-state index in [0.717, 1.165) is 0 Å². The first-order chi connectivity index (χ1) is 8.13. The third kappa shape index (κ3) is 2.34. The first kappa shape index (κ1) is 12.1. The minimum absolute atomic E-state index is 0.0924. The Morgan fingerprint density at radius 2 is 1.88 bits per heavy atom. The lowest BCUT2D eigenvalue weighted by Crippen LogP contribution is -2.35. The van der Waals surface area contributed by atoms with E-state index in [9.17, 15) is 15.3 Å². The SMILES string of the molecule is OC[C@H]1O[C@H](Oc2ccccc2O)[C@H](O)[C@@H]1O. The van der Waals surface area contributed by atoms with Crippen molar-refractivity contribution in [3.63, 3.8) is 0 Å². The minimum atomic E-state index is -1.27. The van der Waals surface area contributed by atoms with E-state index < -0.39 is 31.2 Å². The number of benzene rings is 1. The van der Waals surface area contributed by atoms with E-state index in [1.165, 1.54) is 12.1 Å². The minimum Gasteiger partial charge on any atom is -0.504 e. The van der Waals surface area contributed by atoms with E-state index in [4.69, 9.17) is 14.6 Å². The molecule has 6 nitrogen and oxygen atoms in total. The Morgan fingerprint density at radius 1 is 1.18 bits per heavy atom. The van der Waals surface area contributed by atoms with Gasteiger partial charge >= 0.3 is 0 Å². The highest BCUT2D eigenvalue weighted by atomic mass is 16.7. The normalized spacial score (nSPS) is 32.6. The van der Waals surface area contributed by atoms with E-state index in [2.05, 4.69) is 0 Å². The fraction of sp³-hybridized carbons (Fsp3) is 0.455. The molecule has 2 rings (SSSR count). The molecule has 0 unspecified atom stereocenters. The van der Waals surface area contributed by atoms with Crippen LogP contribution in [0, 0.1) is 0 Å². The Bertz CT molecular complexity index is 382. The first-order valence-corrected chi connectivity index (χ1v) is 5.20. The van der Waals surface area contributed by atoms with Crippen LogP contribution in [-0.4, -0.2) is 51.6 Å². The van der Waals surface area contributed by atoms with Crippen LogP contribution in [0.25, 0.3) is 0 Å². The summed E-state index contributed by atoms with van der Waals surface area (Å²) in [5.74, 6) is 0.0487. The molecule has 1 aliphatic rings. The molecular formula is C11H14O6. The summed E-state index contributed by atoms with van der Waals surface area (Å²) in [6.45, 7) is -0.418. The number of ether oxygens (including phenoxy) is 2. The van der Waals surface area contributed by atoms with Crippen molar-refractivity contribution in [3.05, 3.63) is 24.3 Å². The predicted octanol–water partition coefficient (Wildman–Crippen LogP) is -0.790. The fourth-order valence-corrected chi connectivity index (χ4v) is 1.64. The quantitative estimate of drug-likeness (QED) is 0.554. The van der Waals surface area contributed by atoms with Crippen LogP contribution in [-0.2, 0) is 4.74 Å². The monoisotopic (exact) mass is 242 g/mol. The highest BCUT2D eigenvalue weighted by Crippen LogP contribution is 2.29. The van der Waals surface area contributed by atoms with Gasteiger partial charge in [-0.15, -0.1) is 0 Å². The molecule has 1 aliphatic heterocycles. The molecule has 0 bridgehead atoms. The van der Waals surface area contributed by atoms with Gasteiger partial charge in [-0.25, -0.2) is 0 Å². The van der Waals surface area contributed by atoms with Gasteiger partial charge in [-0.1, -0.05) is 12.1 Å². The van der Waals surface area contributed by atoms with Crippen molar-refractivity contribution in [3.8, 4) is 11.5 Å². The molecule has 0 radical (unpaired) electrons. The van der Waals surface area contributed by atoms with Gasteiger partial charge in [-0.3, -0.25) is 0 Å². The molecule has 1 aromatic carbocycles. The van der Waals surface area contributed by atoms with Crippen LogP contribution in [0.15, 0.2) is 24.3 Å². The third-order valence-electron chi connectivity index (χ3n) is 2.61. The zero-order valence-electron chi connectivity index (χ0n) is 8.93. The van der Waals surface area contributed by atoms with Gasteiger partial charge < -0.3 is 29.9 Å². The highest BCUT2D eigenvalue weighted by Gasteiger charge is 2.44. The smallest absolute Gasteiger partial charge is 0.229 e. The van der Waals surface area contributed by atoms with Crippen LogP contribution >= 0.6 is 0 Å². The van der Waals surface area contributed by atoms with Crippen molar-refractivity contribution >= 4 is 0 Å². The number of hydrogen-bond donors (Lipinski definition) is 4. The van der Waals surface area contributed by atoms with E-state index in [-0.39, 0.29) is 11.5 Å². The average Bonchev–Trinajstić information content (AvgIpc) is 2.60. The molecule has 0 amide bonds. The summed E-state index contributed by atoms with van der Waals surface area (Å²) >= 11 is 0. The lowest BCUT2D eigenvalue weighted by Gasteiger charge is -2.17. The number of phenols is 1. The first-order valence-electron chi connectivity index (χ1n) is 5.20. The van der Waals surface area contributed by atoms with Crippen LogP contribution < -0.4 is 4.74 Å². The summed E-state index contributed by atoms with van der Waals surface area (Å²) in [4.78, 5) is 0. The maximum atomic E-state index is 9.62. The van der Waals surface area contributed by atoms with Gasteiger partial charge in [0.05, 0.1) is 6.61 Å². The molecule has 4 N–H and O–H groups in total. The largest absolute Gasteiger partial charge is 0.504 e. The average molecular weight is 242 g/mol. The molecular weight excluding hydrogens is 228 g/mol. The molecule has 0 aliphatic carbocycles. The molecule has 0 aromatic heterocycles. The Labute approximate surface area is 97.7 Å². The summed E-state index contributed by atoms with van der Waals surface area (Å²) in [6, 6.07) is 6.20.